The van der Waals surface area contributed by atoms with Crippen LogP contribution in [0.3, 0.4) is 0 Å². The summed E-state index contributed by atoms with van der Waals surface area (Å²) in [5.74, 6) is -0.411. The van der Waals surface area contributed by atoms with Gasteiger partial charge in [-0.05, 0) is 67.1 Å². The second-order valence-electron chi connectivity index (χ2n) is 8.25. The number of benzene rings is 2. The molecule has 1 saturated heterocycles. The number of sulfone groups is 1. The highest BCUT2D eigenvalue weighted by atomic mass is 35.5. The van der Waals surface area contributed by atoms with Crippen LogP contribution < -0.4 is 0 Å². The standard InChI is InChI=1S/C22H25ClN2O5S2/c1-31(27,28)18-8-9-21(23)20(15-18)22(26)24-10-12-25(13-11-24)32(29,30)19-7-6-16-4-2-3-5-17(16)14-19/h6-9,14-15H,2-5,10-13H2,1H3. The summed E-state index contributed by atoms with van der Waals surface area (Å²) in [6, 6.07) is 9.40. The van der Waals surface area contributed by atoms with E-state index in [0.717, 1.165) is 37.5 Å². The van der Waals surface area contributed by atoms with Gasteiger partial charge in [-0.15, -0.1) is 0 Å². The topological polar surface area (TPSA) is 91.8 Å². The minimum Gasteiger partial charge on any atom is -0.336 e. The third kappa shape index (κ3) is 4.57. The molecule has 0 spiro atoms. The zero-order chi connectivity index (χ0) is 23.1. The monoisotopic (exact) mass is 496 g/mol. The summed E-state index contributed by atoms with van der Waals surface area (Å²) in [5, 5.41) is 0.159. The summed E-state index contributed by atoms with van der Waals surface area (Å²) < 4.78 is 51.4. The average Bonchev–Trinajstić information content (AvgIpc) is 2.78. The maximum atomic E-state index is 13.2. The summed E-state index contributed by atoms with van der Waals surface area (Å²) >= 11 is 6.15. The third-order valence-electron chi connectivity index (χ3n) is 6.08. The fourth-order valence-electron chi connectivity index (χ4n) is 4.22. The van der Waals surface area contributed by atoms with E-state index in [1.807, 2.05) is 6.07 Å². The van der Waals surface area contributed by atoms with Crippen LogP contribution in [0.2, 0.25) is 5.02 Å². The Hall–Kier alpha value is -1.94. The number of halogens is 1. The first kappa shape index (κ1) is 23.2. The zero-order valence-electron chi connectivity index (χ0n) is 17.8. The number of piperazine rings is 1. The Balaban J connectivity index is 1.49. The van der Waals surface area contributed by atoms with Gasteiger partial charge < -0.3 is 4.90 Å². The fraction of sp³-hybridized carbons (Fsp3) is 0.409. The summed E-state index contributed by atoms with van der Waals surface area (Å²) in [6.45, 7) is 0.716. The lowest BCUT2D eigenvalue weighted by atomic mass is 9.92. The molecule has 172 valence electrons. The van der Waals surface area contributed by atoms with Gasteiger partial charge >= 0.3 is 0 Å². The molecule has 1 aliphatic heterocycles. The lowest BCUT2D eigenvalue weighted by Gasteiger charge is -2.34. The van der Waals surface area contributed by atoms with Crippen LogP contribution in [-0.4, -0.2) is 64.4 Å². The predicted molar refractivity (Wildman–Crippen MR) is 122 cm³/mol. The van der Waals surface area contributed by atoms with Gasteiger partial charge in [0, 0.05) is 32.4 Å². The van der Waals surface area contributed by atoms with Gasteiger partial charge in [0.2, 0.25) is 10.0 Å². The van der Waals surface area contributed by atoms with Crippen molar-refractivity contribution in [1.82, 2.24) is 9.21 Å². The molecule has 7 nitrogen and oxygen atoms in total. The molecule has 2 aromatic rings. The van der Waals surface area contributed by atoms with E-state index in [4.69, 9.17) is 11.6 Å². The molecule has 0 bridgehead atoms. The van der Waals surface area contributed by atoms with Crippen molar-refractivity contribution in [2.24, 2.45) is 0 Å². The molecule has 1 amide bonds. The normalized spacial score (nSPS) is 17.8. The van der Waals surface area contributed by atoms with Gasteiger partial charge in [0.05, 0.1) is 20.4 Å². The maximum absolute atomic E-state index is 13.2. The number of amides is 1. The predicted octanol–water partition coefficient (Wildman–Crippen LogP) is 2.77. The Kier molecular flexibility index (Phi) is 6.37. The largest absolute Gasteiger partial charge is 0.336 e. The minimum absolute atomic E-state index is 0.0128. The van der Waals surface area contributed by atoms with Gasteiger partial charge in [-0.2, -0.15) is 4.31 Å². The molecular weight excluding hydrogens is 472 g/mol. The molecule has 4 rings (SSSR count). The molecule has 0 N–H and O–H groups in total. The van der Waals surface area contributed by atoms with E-state index in [-0.39, 0.29) is 41.7 Å². The Morgan fingerprint density at radius 2 is 1.47 bits per heavy atom. The molecule has 0 saturated carbocycles. The van der Waals surface area contributed by atoms with Crippen LogP contribution in [0.15, 0.2) is 46.2 Å². The van der Waals surface area contributed by atoms with Crippen LogP contribution in [-0.2, 0) is 32.7 Å². The van der Waals surface area contributed by atoms with Crippen molar-refractivity contribution >= 4 is 37.4 Å². The van der Waals surface area contributed by atoms with E-state index in [9.17, 15) is 21.6 Å². The van der Waals surface area contributed by atoms with Gasteiger partial charge in [0.25, 0.3) is 5.91 Å². The lowest BCUT2D eigenvalue weighted by molar-refractivity contribution is 0.0698. The van der Waals surface area contributed by atoms with Crippen molar-refractivity contribution in [1.29, 1.82) is 0 Å². The summed E-state index contributed by atoms with van der Waals surface area (Å²) in [7, 11) is -7.14. The quantitative estimate of drug-likeness (QED) is 0.649. The minimum atomic E-state index is -3.65. The first-order chi connectivity index (χ1) is 15.1. The number of hydrogen-bond acceptors (Lipinski definition) is 5. The van der Waals surface area contributed by atoms with Gasteiger partial charge in [0.1, 0.15) is 0 Å². The zero-order valence-corrected chi connectivity index (χ0v) is 20.1. The number of aryl methyl sites for hydroxylation is 2. The Labute approximate surface area is 193 Å². The van der Waals surface area contributed by atoms with Crippen LogP contribution >= 0.6 is 11.6 Å². The second kappa shape index (κ2) is 8.78. The van der Waals surface area contributed by atoms with Crippen molar-refractivity contribution < 1.29 is 21.6 Å². The van der Waals surface area contributed by atoms with Gasteiger partial charge in [-0.25, -0.2) is 16.8 Å². The maximum Gasteiger partial charge on any atom is 0.255 e. The summed E-state index contributed by atoms with van der Waals surface area (Å²) in [4.78, 5) is 14.8. The lowest BCUT2D eigenvalue weighted by Crippen LogP contribution is -2.50. The van der Waals surface area contributed by atoms with Crippen molar-refractivity contribution in [3.8, 4) is 0 Å². The van der Waals surface area contributed by atoms with Crippen molar-refractivity contribution in [3.05, 3.63) is 58.1 Å². The molecule has 0 radical (unpaired) electrons. The summed E-state index contributed by atoms with van der Waals surface area (Å²) in [5.41, 5.74) is 2.42. The van der Waals surface area contributed by atoms with Crippen LogP contribution in [0, 0.1) is 0 Å². The number of fused-ring (bicyclic) bond motifs is 1. The smallest absolute Gasteiger partial charge is 0.255 e. The van der Waals surface area contributed by atoms with E-state index in [2.05, 4.69) is 0 Å². The first-order valence-electron chi connectivity index (χ1n) is 10.5. The van der Waals surface area contributed by atoms with Gasteiger partial charge in [-0.3, -0.25) is 4.79 Å². The van der Waals surface area contributed by atoms with E-state index in [1.54, 1.807) is 12.1 Å². The van der Waals surface area contributed by atoms with Gasteiger partial charge in [-0.1, -0.05) is 17.7 Å². The SMILES string of the molecule is CS(=O)(=O)c1ccc(Cl)c(C(=O)N2CCN(S(=O)(=O)c3ccc4c(c3)CCCC4)CC2)c1. The second-order valence-corrected chi connectivity index (χ2v) is 12.6. The molecule has 10 heteroatoms. The highest BCUT2D eigenvalue weighted by Gasteiger charge is 2.31. The molecule has 1 aliphatic carbocycles. The highest BCUT2D eigenvalue weighted by Crippen LogP contribution is 2.27. The number of rotatable bonds is 4. The van der Waals surface area contributed by atoms with Gasteiger partial charge in [0.15, 0.2) is 9.84 Å². The van der Waals surface area contributed by atoms with Crippen molar-refractivity contribution in [3.63, 3.8) is 0 Å². The molecule has 1 fully saturated rings. The number of nitrogens with zero attached hydrogens (tertiary/aromatic N) is 2. The molecule has 0 atom stereocenters. The van der Waals surface area contributed by atoms with Crippen LogP contribution in [0.5, 0.6) is 0 Å². The molecule has 2 aliphatic rings. The Morgan fingerprint density at radius 3 is 2.12 bits per heavy atom. The van der Waals surface area contributed by atoms with Crippen LogP contribution in [0.1, 0.15) is 34.3 Å². The Morgan fingerprint density at radius 1 is 0.844 bits per heavy atom. The molecule has 0 aromatic heterocycles. The molecule has 0 unspecified atom stereocenters. The van der Waals surface area contributed by atoms with E-state index < -0.39 is 25.8 Å². The average molecular weight is 497 g/mol. The van der Waals surface area contributed by atoms with Crippen molar-refractivity contribution in [2.75, 3.05) is 32.4 Å². The third-order valence-corrected chi connectivity index (χ3v) is 9.41. The molecule has 1 heterocycles. The van der Waals surface area contributed by atoms with E-state index in [0.29, 0.717) is 4.90 Å². The van der Waals surface area contributed by atoms with E-state index in [1.165, 1.54) is 33.0 Å². The highest BCUT2D eigenvalue weighted by molar-refractivity contribution is 7.90. The Bertz CT molecular complexity index is 1270. The van der Waals surface area contributed by atoms with E-state index >= 15 is 0 Å². The van der Waals surface area contributed by atoms with Crippen LogP contribution in [0.25, 0.3) is 0 Å². The number of carbonyl (C=O) groups is 1. The number of carbonyl (C=O) groups excluding carboxylic acids is 1. The number of hydrogen-bond donors (Lipinski definition) is 0. The fourth-order valence-corrected chi connectivity index (χ4v) is 6.54. The first-order valence-corrected chi connectivity index (χ1v) is 14.2. The molecule has 2 aromatic carbocycles. The number of sulfonamides is 1. The molecule has 32 heavy (non-hydrogen) atoms. The molecular formula is C22H25ClN2O5S2. The van der Waals surface area contributed by atoms with Crippen LogP contribution in [0.4, 0.5) is 0 Å². The van der Waals surface area contributed by atoms with Crippen molar-refractivity contribution in [2.45, 2.75) is 35.5 Å². The summed E-state index contributed by atoms with van der Waals surface area (Å²) in [6.07, 6.45) is 5.15.